The highest BCUT2D eigenvalue weighted by Crippen LogP contribution is 2.32. The zero-order valence-electron chi connectivity index (χ0n) is 12.0. The second-order valence-corrected chi connectivity index (χ2v) is 6.48. The van der Waals surface area contributed by atoms with Crippen molar-refractivity contribution in [1.29, 1.82) is 0 Å². The molecule has 0 aliphatic carbocycles. The molecule has 112 valence electrons. The van der Waals surface area contributed by atoms with Gasteiger partial charge in [0.1, 0.15) is 10.6 Å². The average molecular weight is 325 g/mol. The van der Waals surface area contributed by atoms with Crippen LogP contribution in [0.3, 0.4) is 0 Å². The van der Waals surface area contributed by atoms with Crippen molar-refractivity contribution in [3.63, 3.8) is 0 Å². The topological polar surface area (TPSA) is 50.2 Å². The summed E-state index contributed by atoms with van der Waals surface area (Å²) in [6.07, 6.45) is 2.33. The number of amides is 1. The van der Waals surface area contributed by atoms with Crippen LogP contribution in [0.25, 0.3) is 0 Å². The quantitative estimate of drug-likeness (QED) is 0.942. The summed E-state index contributed by atoms with van der Waals surface area (Å²) < 4.78 is 1.80. The third-order valence-corrected chi connectivity index (χ3v) is 5.12. The second kappa shape index (κ2) is 5.69. The molecule has 21 heavy (non-hydrogen) atoms. The second-order valence-electron chi connectivity index (χ2n) is 5.15. The number of carbonyl (C=O) groups excluding carboxylic acids is 1. The van der Waals surface area contributed by atoms with Gasteiger partial charge in [0.2, 0.25) is 0 Å². The van der Waals surface area contributed by atoms with Crippen molar-refractivity contribution in [2.75, 3.05) is 23.3 Å². The molecule has 7 heteroatoms. The normalized spacial score (nSPS) is 14.7. The zero-order chi connectivity index (χ0) is 15.0. The first-order chi connectivity index (χ1) is 10.1. The van der Waals surface area contributed by atoms with Crippen LogP contribution in [-0.4, -0.2) is 28.8 Å². The molecule has 1 N–H and O–H groups in total. The first kappa shape index (κ1) is 14.4. The number of carbonyl (C=O) groups is 1. The maximum absolute atomic E-state index is 12.4. The van der Waals surface area contributed by atoms with E-state index in [9.17, 15) is 4.79 Å². The maximum Gasteiger partial charge on any atom is 0.267 e. The zero-order valence-corrected chi connectivity index (χ0v) is 13.6. The Labute approximate surface area is 132 Å². The van der Waals surface area contributed by atoms with Crippen LogP contribution >= 0.6 is 22.9 Å². The van der Waals surface area contributed by atoms with Gasteiger partial charge in [0.25, 0.3) is 5.91 Å². The molecule has 2 aromatic rings. The smallest absolute Gasteiger partial charge is 0.267 e. The number of anilines is 2. The van der Waals surface area contributed by atoms with E-state index in [1.807, 2.05) is 19.4 Å². The Kier molecular flexibility index (Phi) is 3.91. The van der Waals surface area contributed by atoms with Gasteiger partial charge in [-0.2, -0.15) is 5.10 Å². The fourth-order valence-electron chi connectivity index (χ4n) is 2.51. The summed E-state index contributed by atoms with van der Waals surface area (Å²) in [7, 11) is 1.89. The first-order valence-electron chi connectivity index (χ1n) is 6.91. The number of hydrogen-bond acceptors (Lipinski definition) is 4. The van der Waals surface area contributed by atoms with E-state index in [1.165, 1.54) is 24.2 Å². The summed E-state index contributed by atoms with van der Waals surface area (Å²) in [5, 5.41) is 9.83. The molecule has 1 fully saturated rings. The van der Waals surface area contributed by atoms with Crippen LogP contribution in [0.2, 0.25) is 5.02 Å². The molecule has 1 aliphatic heterocycles. The van der Waals surface area contributed by atoms with Crippen molar-refractivity contribution in [3.05, 3.63) is 27.0 Å². The number of rotatable bonds is 3. The predicted octanol–water partition coefficient (Wildman–Crippen LogP) is 3.30. The SMILES string of the molecule is Cc1c(NC(=O)c2sccc2Cl)c(N2CCCC2)nn1C. The van der Waals surface area contributed by atoms with E-state index in [-0.39, 0.29) is 5.91 Å². The minimum Gasteiger partial charge on any atom is -0.353 e. The van der Waals surface area contributed by atoms with Gasteiger partial charge in [0.05, 0.1) is 10.7 Å². The Hall–Kier alpha value is -1.53. The highest BCUT2D eigenvalue weighted by atomic mass is 35.5. The fourth-order valence-corrected chi connectivity index (χ4v) is 3.55. The lowest BCUT2D eigenvalue weighted by Gasteiger charge is -2.16. The molecule has 1 aliphatic rings. The lowest BCUT2D eigenvalue weighted by atomic mass is 10.3. The highest BCUT2D eigenvalue weighted by Gasteiger charge is 2.24. The van der Waals surface area contributed by atoms with E-state index in [0.29, 0.717) is 9.90 Å². The molecule has 0 radical (unpaired) electrons. The van der Waals surface area contributed by atoms with Crippen LogP contribution in [0.4, 0.5) is 11.5 Å². The Bertz CT molecular complexity index is 673. The number of halogens is 1. The van der Waals surface area contributed by atoms with Crippen molar-refractivity contribution < 1.29 is 4.79 Å². The van der Waals surface area contributed by atoms with E-state index >= 15 is 0 Å². The largest absolute Gasteiger partial charge is 0.353 e. The molecule has 3 rings (SSSR count). The summed E-state index contributed by atoms with van der Waals surface area (Å²) >= 11 is 7.37. The standard InChI is InChI=1S/C14H17ClN4OS/c1-9-11(16-14(20)12-10(15)5-8-21-12)13(17-18(9)2)19-6-3-4-7-19/h5,8H,3-4,6-7H2,1-2H3,(H,16,20). The van der Waals surface area contributed by atoms with Crippen LogP contribution in [-0.2, 0) is 7.05 Å². The summed E-state index contributed by atoms with van der Waals surface area (Å²) in [5.74, 6) is 0.681. The number of thiophene rings is 1. The van der Waals surface area contributed by atoms with Crippen LogP contribution in [0.15, 0.2) is 11.4 Å². The van der Waals surface area contributed by atoms with Crippen LogP contribution in [0.5, 0.6) is 0 Å². The molecule has 0 bridgehead atoms. The Balaban J connectivity index is 1.91. The van der Waals surface area contributed by atoms with Gasteiger partial charge >= 0.3 is 0 Å². The lowest BCUT2D eigenvalue weighted by Crippen LogP contribution is -2.21. The Morgan fingerprint density at radius 3 is 2.76 bits per heavy atom. The van der Waals surface area contributed by atoms with Gasteiger partial charge in [-0.1, -0.05) is 11.6 Å². The van der Waals surface area contributed by atoms with Crippen molar-refractivity contribution in [1.82, 2.24) is 9.78 Å². The molecule has 3 heterocycles. The van der Waals surface area contributed by atoms with Gasteiger partial charge < -0.3 is 10.2 Å². The van der Waals surface area contributed by atoms with Crippen molar-refractivity contribution in [2.45, 2.75) is 19.8 Å². The molecular weight excluding hydrogens is 308 g/mol. The van der Waals surface area contributed by atoms with Crippen LogP contribution < -0.4 is 10.2 Å². The number of nitrogens with zero attached hydrogens (tertiary/aromatic N) is 3. The predicted molar refractivity (Wildman–Crippen MR) is 86.7 cm³/mol. The average Bonchev–Trinajstić information content (AvgIpc) is 3.16. The molecule has 0 atom stereocenters. The van der Waals surface area contributed by atoms with Gasteiger partial charge in [-0.15, -0.1) is 11.3 Å². The minimum atomic E-state index is -0.174. The van der Waals surface area contributed by atoms with Gasteiger partial charge in [0, 0.05) is 20.1 Å². The van der Waals surface area contributed by atoms with E-state index in [1.54, 1.807) is 10.7 Å². The Morgan fingerprint density at radius 1 is 1.43 bits per heavy atom. The van der Waals surface area contributed by atoms with Gasteiger partial charge in [-0.25, -0.2) is 0 Å². The molecule has 1 amide bonds. The number of aryl methyl sites for hydroxylation is 1. The molecule has 0 unspecified atom stereocenters. The summed E-state index contributed by atoms with van der Waals surface area (Å²) in [5.41, 5.74) is 1.73. The third kappa shape index (κ3) is 2.65. The molecule has 0 spiro atoms. The van der Waals surface area contributed by atoms with Crippen molar-refractivity contribution in [3.8, 4) is 0 Å². The molecule has 0 saturated carbocycles. The maximum atomic E-state index is 12.4. The number of aromatic nitrogens is 2. The molecule has 5 nitrogen and oxygen atoms in total. The monoisotopic (exact) mass is 324 g/mol. The number of hydrogen-bond donors (Lipinski definition) is 1. The third-order valence-electron chi connectivity index (χ3n) is 3.78. The van der Waals surface area contributed by atoms with Crippen LogP contribution in [0.1, 0.15) is 28.2 Å². The Morgan fingerprint density at radius 2 is 2.14 bits per heavy atom. The highest BCUT2D eigenvalue weighted by molar-refractivity contribution is 7.12. The molecule has 0 aromatic carbocycles. The van der Waals surface area contributed by atoms with Gasteiger partial charge in [-0.05, 0) is 31.2 Å². The van der Waals surface area contributed by atoms with E-state index in [2.05, 4.69) is 15.3 Å². The van der Waals surface area contributed by atoms with Gasteiger partial charge in [-0.3, -0.25) is 9.48 Å². The molecule has 2 aromatic heterocycles. The summed E-state index contributed by atoms with van der Waals surface area (Å²) in [6.45, 7) is 3.93. The first-order valence-corrected chi connectivity index (χ1v) is 8.16. The number of nitrogens with one attached hydrogen (secondary N) is 1. The van der Waals surface area contributed by atoms with Crippen molar-refractivity contribution in [2.24, 2.45) is 7.05 Å². The van der Waals surface area contributed by atoms with Crippen LogP contribution in [0, 0.1) is 6.92 Å². The van der Waals surface area contributed by atoms with Gasteiger partial charge in [0.15, 0.2) is 5.82 Å². The fraction of sp³-hybridized carbons (Fsp3) is 0.429. The van der Waals surface area contributed by atoms with E-state index in [4.69, 9.17) is 11.6 Å². The molecular formula is C14H17ClN4OS. The molecule has 1 saturated heterocycles. The summed E-state index contributed by atoms with van der Waals surface area (Å²) in [4.78, 5) is 15.1. The minimum absolute atomic E-state index is 0.174. The van der Waals surface area contributed by atoms with E-state index in [0.717, 1.165) is 30.3 Å². The van der Waals surface area contributed by atoms with Crippen molar-refractivity contribution >= 4 is 40.4 Å². The van der Waals surface area contributed by atoms with E-state index < -0.39 is 0 Å². The summed E-state index contributed by atoms with van der Waals surface area (Å²) in [6, 6.07) is 1.73. The lowest BCUT2D eigenvalue weighted by molar-refractivity contribution is 0.103.